The fourth-order valence-corrected chi connectivity index (χ4v) is 2.45. The molecule has 19 heavy (non-hydrogen) atoms. The Kier molecular flexibility index (Phi) is 4.00. The maximum absolute atomic E-state index is 9.51. The van der Waals surface area contributed by atoms with Gasteiger partial charge in [-0.1, -0.05) is 15.9 Å². The van der Waals surface area contributed by atoms with Gasteiger partial charge in [0.15, 0.2) is 0 Å². The molecule has 2 rings (SSSR count). The van der Waals surface area contributed by atoms with Gasteiger partial charge in [-0.05, 0) is 55.3 Å². The summed E-state index contributed by atoms with van der Waals surface area (Å²) in [5.74, 6) is 0.132. The molecular formula is C15H16BrNO2. The van der Waals surface area contributed by atoms with Crippen LogP contribution < -0.4 is 5.32 Å². The van der Waals surface area contributed by atoms with Crippen LogP contribution in [0.4, 0.5) is 5.69 Å². The lowest BCUT2D eigenvalue weighted by atomic mass is 10.1. The van der Waals surface area contributed by atoms with E-state index in [1.54, 1.807) is 12.1 Å². The second-order valence-electron chi connectivity index (χ2n) is 4.61. The third-order valence-electron chi connectivity index (χ3n) is 2.99. The summed E-state index contributed by atoms with van der Waals surface area (Å²) in [6, 6.07) is 10.6. The number of phenols is 2. The van der Waals surface area contributed by atoms with Gasteiger partial charge in [0.1, 0.15) is 11.5 Å². The van der Waals surface area contributed by atoms with E-state index in [1.807, 2.05) is 32.0 Å². The van der Waals surface area contributed by atoms with E-state index >= 15 is 0 Å². The second kappa shape index (κ2) is 5.53. The van der Waals surface area contributed by atoms with Crippen molar-refractivity contribution in [3.8, 4) is 11.5 Å². The Balaban J connectivity index is 2.22. The van der Waals surface area contributed by atoms with E-state index < -0.39 is 0 Å². The minimum Gasteiger partial charge on any atom is -0.508 e. The minimum absolute atomic E-state index is 0.0159. The van der Waals surface area contributed by atoms with E-state index in [0.717, 1.165) is 21.3 Å². The number of phenolic OH excluding ortho intramolecular Hbond substituents is 2. The Hall–Kier alpha value is -1.68. The van der Waals surface area contributed by atoms with E-state index in [2.05, 4.69) is 21.2 Å². The zero-order valence-electron chi connectivity index (χ0n) is 10.8. The van der Waals surface area contributed by atoms with Crippen molar-refractivity contribution in [2.24, 2.45) is 0 Å². The number of halogens is 1. The molecule has 0 spiro atoms. The van der Waals surface area contributed by atoms with E-state index in [1.165, 1.54) is 6.07 Å². The lowest BCUT2D eigenvalue weighted by molar-refractivity contribution is 0.448. The molecule has 2 aromatic rings. The first-order valence-corrected chi connectivity index (χ1v) is 6.80. The highest BCUT2D eigenvalue weighted by Gasteiger charge is 2.09. The molecule has 0 heterocycles. The topological polar surface area (TPSA) is 52.5 Å². The number of hydrogen-bond acceptors (Lipinski definition) is 3. The highest BCUT2D eigenvalue weighted by atomic mass is 79.9. The fourth-order valence-electron chi connectivity index (χ4n) is 1.97. The van der Waals surface area contributed by atoms with Gasteiger partial charge in [-0.15, -0.1) is 0 Å². The molecule has 0 aliphatic heterocycles. The van der Waals surface area contributed by atoms with Gasteiger partial charge in [-0.3, -0.25) is 0 Å². The van der Waals surface area contributed by atoms with Crippen molar-refractivity contribution in [1.82, 2.24) is 0 Å². The predicted octanol–water partition coefficient (Wildman–Crippen LogP) is 4.34. The summed E-state index contributed by atoms with van der Waals surface area (Å²) in [6.07, 6.45) is 0. The van der Waals surface area contributed by atoms with Crippen molar-refractivity contribution in [2.75, 3.05) is 5.32 Å². The number of rotatable bonds is 3. The summed E-state index contributed by atoms with van der Waals surface area (Å²) < 4.78 is 1.04. The van der Waals surface area contributed by atoms with Crippen LogP contribution in [0.5, 0.6) is 11.5 Å². The van der Waals surface area contributed by atoms with Crippen LogP contribution in [0.3, 0.4) is 0 Å². The molecule has 0 bridgehead atoms. The van der Waals surface area contributed by atoms with Crippen LogP contribution in [0.15, 0.2) is 40.9 Å². The zero-order chi connectivity index (χ0) is 14.0. The van der Waals surface area contributed by atoms with Crippen molar-refractivity contribution in [2.45, 2.75) is 19.9 Å². The van der Waals surface area contributed by atoms with Crippen molar-refractivity contribution in [3.63, 3.8) is 0 Å². The Bertz CT molecular complexity index is 578. The molecule has 0 radical (unpaired) electrons. The molecular weight excluding hydrogens is 306 g/mol. The summed E-state index contributed by atoms with van der Waals surface area (Å²) in [7, 11) is 0. The molecule has 0 aliphatic rings. The third-order valence-corrected chi connectivity index (χ3v) is 3.48. The van der Waals surface area contributed by atoms with Gasteiger partial charge < -0.3 is 15.5 Å². The Labute approximate surface area is 121 Å². The fraction of sp³-hybridized carbons (Fsp3) is 0.200. The minimum atomic E-state index is -0.0159. The van der Waals surface area contributed by atoms with Crippen molar-refractivity contribution >= 4 is 21.6 Å². The van der Waals surface area contributed by atoms with Crippen molar-refractivity contribution in [3.05, 3.63) is 52.0 Å². The van der Waals surface area contributed by atoms with Gasteiger partial charge in [0.05, 0.1) is 0 Å². The smallest absolute Gasteiger partial charge is 0.119 e. The van der Waals surface area contributed by atoms with Crippen LogP contribution in [0.25, 0.3) is 0 Å². The van der Waals surface area contributed by atoms with Crippen LogP contribution >= 0.6 is 15.9 Å². The van der Waals surface area contributed by atoms with E-state index in [0.29, 0.717) is 0 Å². The lowest BCUT2D eigenvalue weighted by Crippen LogP contribution is -2.07. The Morgan fingerprint density at radius 3 is 2.26 bits per heavy atom. The van der Waals surface area contributed by atoms with Gasteiger partial charge >= 0.3 is 0 Å². The van der Waals surface area contributed by atoms with Gasteiger partial charge in [0.2, 0.25) is 0 Å². The zero-order valence-corrected chi connectivity index (χ0v) is 12.4. The highest BCUT2D eigenvalue weighted by molar-refractivity contribution is 9.10. The Morgan fingerprint density at radius 2 is 1.68 bits per heavy atom. The normalized spacial score (nSPS) is 12.2. The predicted molar refractivity (Wildman–Crippen MR) is 80.7 cm³/mol. The number of nitrogens with one attached hydrogen (secondary N) is 1. The summed E-state index contributed by atoms with van der Waals surface area (Å²) >= 11 is 3.43. The second-order valence-corrected chi connectivity index (χ2v) is 5.52. The van der Waals surface area contributed by atoms with E-state index in [9.17, 15) is 10.2 Å². The number of benzene rings is 2. The molecule has 4 heteroatoms. The molecule has 0 aromatic heterocycles. The first-order valence-electron chi connectivity index (χ1n) is 6.01. The van der Waals surface area contributed by atoms with Gasteiger partial charge in [0, 0.05) is 22.3 Å². The largest absolute Gasteiger partial charge is 0.508 e. The molecule has 0 saturated heterocycles. The van der Waals surface area contributed by atoms with Gasteiger partial charge in [-0.25, -0.2) is 0 Å². The average molecular weight is 322 g/mol. The Morgan fingerprint density at radius 1 is 1.05 bits per heavy atom. The molecule has 100 valence electrons. The van der Waals surface area contributed by atoms with Crippen molar-refractivity contribution in [1.29, 1.82) is 0 Å². The molecule has 3 N–H and O–H groups in total. The molecule has 0 aliphatic carbocycles. The van der Waals surface area contributed by atoms with Gasteiger partial charge in [0.25, 0.3) is 0 Å². The number of aryl methyl sites for hydroxylation is 1. The van der Waals surface area contributed by atoms with Crippen LogP contribution in [0.2, 0.25) is 0 Å². The molecule has 2 aromatic carbocycles. The molecule has 0 fully saturated rings. The number of hydrogen-bond donors (Lipinski definition) is 3. The molecule has 0 amide bonds. The summed E-state index contributed by atoms with van der Waals surface area (Å²) in [4.78, 5) is 0. The maximum atomic E-state index is 9.51. The monoisotopic (exact) mass is 321 g/mol. The van der Waals surface area contributed by atoms with Crippen LogP contribution in [-0.2, 0) is 0 Å². The lowest BCUT2D eigenvalue weighted by Gasteiger charge is -2.18. The maximum Gasteiger partial charge on any atom is 0.119 e. The molecule has 3 nitrogen and oxygen atoms in total. The first kappa shape index (κ1) is 13.7. The van der Waals surface area contributed by atoms with Crippen LogP contribution in [0, 0.1) is 6.92 Å². The molecule has 0 saturated carbocycles. The van der Waals surface area contributed by atoms with E-state index in [-0.39, 0.29) is 17.5 Å². The number of anilines is 1. The summed E-state index contributed by atoms with van der Waals surface area (Å²) in [5.41, 5.74) is 2.99. The SMILES string of the molecule is Cc1cc(Br)ccc1NC(C)c1cc(O)cc(O)c1. The summed E-state index contributed by atoms with van der Waals surface area (Å²) in [5, 5.41) is 22.4. The van der Waals surface area contributed by atoms with E-state index in [4.69, 9.17) is 0 Å². The van der Waals surface area contributed by atoms with Gasteiger partial charge in [-0.2, -0.15) is 0 Å². The standard InChI is InChI=1S/C15H16BrNO2/c1-9-5-12(16)3-4-15(9)17-10(2)11-6-13(18)8-14(19)7-11/h3-8,10,17-19H,1-2H3. The van der Waals surface area contributed by atoms with Crippen LogP contribution in [0.1, 0.15) is 24.1 Å². The van der Waals surface area contributed by atoms with Crippen LogP contribution in [-0.4, -0.2) is 10.2 Å². The molecule has 1 atom stereocenters. The quantitative estimate of drug-likeness (QED) is 0.788. The summed E-state index contributed by atoms with van der Waals surface area (Å²) in [6.45, 7) is 4.01. The molecule has 1 unspecified atom stereocenters. The first-order chi connectivity index (χ1) is 8.95. The van der Waals surface area contributed by atoms with Crippen molar-refractivity contribution < 1.29 is 10.2 Å². The average Bonchev–Trinajstić information content (AvgIpc) is 2.31. The highest BCUT2D eigenvalue weighted by Crippen LogP contribution is 2.28. The number of aromatic hydroxyl groups is 2. The third kappa shape index (κ3) is 3.41.